The molecular weight excluding hydrogens is 374 g/mol. The van der Waals surface area contributed by atoms with Gasteiger partial charge in [0.1, 0.15) is 16.6 Å². The van der Waals surface area contributed by atoms with E-state index in [1.807, 2.05) is 31.2 Å². The van der Waals surface area contributed by atoms with E-state index in [1.165, 1.54) is 18.1 Å². The third kappa shape index (κ3) is 4.13. The Morgan fingerprint density at radius 1 is 1.27 bits per heavy atom. The third-order valence-corrected chi connectivity index (χ3v) is 5.27. The topological polar surface area (TPSA) is 82.8 Å². The van der Waals surface area contributed by atoms with Crippen LogP contribution in [0.3, 0.4) is 0 Å². The maximum absolute atomic E-state index is 12.1. The molecule has 1 atom stereocenters. The zero-order valence-electron chi connectivity index (χ0n) is 14.4. The van der Waals surface area contributed by atoms with Crippen LogP contribution in [-0.4, -0.2) is 42.8 Å². The molecule has 0 radical (unpaired) electrons. The molecule has 136 valence electrons. The van der Waals surface area contributed by atoms with Crippen molar-refractivity contribution in [1.29, 1.82) is 0 Å². The summed E-state index contributed by atoms with van der Waals surface area (Å²) in [7, 11) is 0. The molecule has 0 unspecified atom stereocenters. The summed E-state index contributed by atoms with van der Waals surface area (Å²) < 4.78 is 6.82. The second-order valence-electron chi connectivity index (χ2n) is 5.49. The Morgan fingerprint density at radius 3 is 2.73 bits per heavy atom. The molecule has 0 spiro atoms. The number of carbonyl (C=O) groups is 1. The summed E-state index contributed by atoms with van der Waals surface area (Å²) in [5.41, 5.74) is 2.23. The Balaban J connectivity index is 1.86. The largest absolute Gasteiger partial charge is 0.465 e. The van der Waals surface area contributed by atoms with Gasteiger partial charge in [0.05, 0.1) is 13.2 Å². The predicted molar refractivity (Wildman–Crippen MR) is 100 cm³/mol. The fourth-order valence-electron chi connectivity index (χ4n) is 2.39. The second kappa shape index (κ2) is 8.46. The van der Waals surface area contributed by atoms with Gasteiger partial charge in [-0.25, -0.2) is 14.6 Å². The highest BCUT2D eigenvalue weighted by Gasteiger charge is 2.22. The first-order chi connectivity index (χ1) is 12.6. The number of hydrogen-bond donors (Lipinski definition) is 0. The van der Waals surface area contributed by atoms with Crippen molar-refractivity contribution in [1.82, 2.24) is 25.0 Å². The molecule has 0 fully saturated rings. The van der Waals surface area contributed by atoms with E-state index >= 15 is 0 Å². The molecule has 26 heavy (non-hydrogen) atoms. The molecule has 3 rings (SSSR count). The number of carbonyl (C=O) groups excluding carboxylic acids is 1. The van der Waals surface area contributed by atoms with Crippen molar-refractivity contribution < 1.29 is 9.53 Å². The molecule has 0 saturated carbocycles. The van der Waals surface area contributed by atoms with E-state index < -0.39 is 0 Å². The normalized spacial score (nSPS) is 12.3. The van der Waals surface area contributed by atoms with Gasteiger partial charge in [0.25, 0.3) is 0 Å². The highest BCUT2D eigenvalue weighted by Crippen LogP contribution is 2.29. The van der Waals surface area contributed by atoms with Crippen LogP contribution in [0.2, 0.25) is 5.02 Å². The van der Waals surface area contributed by atoms with Gasteiger partial charge in [-0.15, -0.1) is 5.10 Å². The van der Waals surface area contributed by atoms with Crippen LogP contribution in [0.15, 0.2) is 35.6 Å². The van der Waals surface area contributed by atoms with Gasteiger partial charge in [0.2, 0.25) is 0 Å². The monoisotopic (exact) mass is 391 g/mol. The molecule has 1 aromatic carbocycles. The second-order valence-corrected chi connectivity index (χ2v) is 7.12. The summed E-state index contributed by atoms with van der Waals surface area (Å²) in [5.74, 6) is -0.250. The van der Waals surface area contributed by atoms with Crippen LogP contribution in [0, 0.1) is 0 Å². The van der Waals surface area contributed by atoms with E-state index in [9.17, 15) is 4.79 Å². The van der Waals surface area contributed by atoms with E-state index in [2.05, 4.69) is 20.3 Å². The molecule has 9 heteroatoms. The highest BCUT2D eigenvalue weighted by molar-refractivity contribution is 8.00. The number of fused-ring (bicyclic) bond motifs is 1. The standard InChI is InChI=1S/C17H18ClN5O2S/c1-3-13(17(24)25-4-2)26-16-14-15(19-10-20-16)23(22-21-14)9-11-5-7-12(18)8-6-11/h5-8,10,13H,3-4,9H2,1-2H3/t13-/m1/s1. The molecule has 0 bridgehead atoms. The lowest BCUT2D eigenvalue weighted by Crippen LogP contribution is -2.19. The first-order valence-corrected chi connectivity index (χ1v) is 9.50. The quantitative estimate of drug-likeness (QED) is 0.347. The van der Waals surface area contributed by atoms with Gasteiger partial charge in [-0.3, -0.25) is 4.79 Å². The van der Waals surface area contributed by atoms with Gasteiger partial charge in [0, 0.05) is 5.02 Å². The Kier molecular flexibility index (Phi) is 6.05. The number of ether oxygens (including phenoxy) is 1. The molecule has 0 amide bonds. The summed E-state index contributed by atoms with van der Waals surface area (Å²) in [5, 5.41) is 9.37. The zero-order valence-corrected chi connectivity index (χ0v) is 16.0. The van der Waals surface area contributed by atoms with Crippen LogP contribution in [0.5, 0.6) is 0 Å². The molecule has 0 aliphatic carbocycles. The van der Waals surface area contributed by atoms with Crippen molar-refractivity contribution in [2.24, 2.45) is 0 Å². The molecular formula is C17H18ClN5O2S. The number of thioether (sulfide) groups is 1. The van der Waals surface area contributed by atoms with Crippen molar-refractivity contribution in [3.8, 4) is 0 Å². The lowest BCUT2D eigenvalue weighted by atomic mass is 10.2. The van der Waals surface area contributed by atoms with Crippen molar-refractivity contribution in [3.63, 3.8) is 0 Å². The molecule has 3 aromatic rings. The van der Waals surface area contributed by atoms with Crippen LogP contribution >= 0.6 is 23.4 Å². The fourth-order valence-corrected chi connectivity index (χ4v) is 3.47. The maximum atomic E-state index is 12.1. The van der Waals surface area contributed by atoms with E-state index in [-0.39, 0.29) is 11.2 Å². The molecule has 2 aromatic heterocycles. The number of benzene rings is 1. The van der Waals surface area contributed by atoms with Gasteiger partial charge in [-0.2, -0.15) is 0 Å². The van der Waals surface area contributed by atoms with Gasteiger partial charge in [0.15, 0.2) is 11.2 Å². The van der Waals surface area contributed by atoms with Crippen molar-refractivity contribution in [3.05, 3.63) is 41.2 Å². The summed E-state index contributed by atoms with van der Waals surface area (Å²) in [6, 6.07) is 7.52. The third-order valence-electron chi connectivity index (χ3n) is 3.69. The number of hydrogen-bond acceptors (Lipinski definition) is 7. The van der Waals surface area contributed by atoms with Crippen LogP contribution in [0.4, 0.5) is 0 Å². The number of esters is 1. The van der Waals surface area contributed by atoms with Gasteiger partial charge in [-0.05, 0) is 31.0 Å². The van der Waals surface area contributed by atoms with E-state index in [1.54, 1.807) is 11.6 Å². The molecule has 7 nitrogen and oxygen atoms in total. The Hall–Kier alpha value is -2.19. The van der Waals surface area contributed by atoms with Gasteiger partial charge < -0.3 is 4.74 Å². The summed E-state index contributed by atoms with van der Waals surface area (Å²) in [6.07, 6.45) is 2.10. The highest BCUT2D eigenvalue weighted by atomic mass is 35.5. The minimum absolute atomic E-state index is 0.250. The fraction of sp³-hybridized carbons (Fsp3) is 0.353. The maximum Gasteiger partial charge on any atom is 0.319 e. The molecule has 0 aliphatic heterocycles. The number of rotatable bonds is 7. The first kappa shape index (κ1) is 18.6. The molecule has 0 N–H and O–H groups in total. The van der Waals surface area contributed by atoms with Crippen molar-refractivity contribution in [2.45, 2.75) is 37.1 Å². The predicted octanol–water partition coefficient (Wildman–Crippen LogP) is 3.36. The van der Waals surface area contributed by atoms with Crippen molar-refractivity contribution in [2.75, 3.05) is 6.61 Å². The van der Waals surface area contributed by atoms with Crippen molar-refractivity contribution >= 4 is 40.5 Å². The van der Waals surface area contributed by atoms with E-state index in [0.29, 0.717) is 40.8 Å². The van der Waals surface area contributed by atoms with Crippen LogP contribution in [0.25, 0.3) is 11.2 Å². The zero-order chi connectivity index (χ0) is 18.5. The summed E-state index contributed by atoms with van der Waals surface area (Å²) in [6.45, 7) is 4.60. The van der Waals surface area contributed by atoms with Gasteiger partial charge >= 0.3 is 5.97 Å². The van der Waals surface area contributed by atoms with E-state index in [4.69, 9.17) is 16.3 Å². The Morgan fingerprint density at radius 2 is 2.04 bits per heavy atom. The lowest BCUT2D eigenvalue weighted by molar-refractivity contribution is -0.142. The smallest absolute Gasteiger partial charge is 0.319 e. The lowest BCUT2D eigenvalue weighted by Gasteiger charge is -2.12. The first-order valence-electron chi connectivity index (χ1n) is 8.24. The molecule has 2 heterocycles. The summed E-state index contributed by atoms with van der Waals surface area (Å²) in [4.78, 5) is 20.6. The molecule has 0 saturated heterocycles. The minimum Gasteiger partial charge on any atom is -0.465 e. The Bertz CT molecular complexity index is 900. The van der Waals surface area contributed by atoms with Crippen LogP contribution < -0.4 is 0 Å². The number of aromatic nitrogens is 5. The average Bonchev–Trinajstić information content (AvgIpc) is 3.05. The number of halogens is 1. The SMILES string of the molecule is CCOC(=O)[C@@H](CC)Sc1ncnc2c1nnn2Cc1ccc(Cl)cc1. The number of nitrogens with zero attached hydrogens (tertiary/aromatic N) is 5. The Labute approximate surface area is 160 Å². The molecule has 0 aliphatic rings. The average molecular weight is 392 g/mol. The van der Waals surface area contributed by atoms with Crippen LogP contribution in [0.1, 0.15) is 25.8 Å². The van der Waals surface area contributed by atoms with Gasteiger partial charge in [-0.1, -0.05) is 47.6 Å². The summed E-state index contributed by atoms with van der Waals surface area (Å²) >= 11 is 7.25. The minimum atomic E-state index is -0.338. The van der Waals surface area contributed by atoms with Crippen LogP contribution in [-0.2, 0) is 16.1 Å². The van der Waals surface area contributed by atoms with E-state index in [0.717, 1.165) is 5.56 Å².